The summed E-state index contributed by atoms with van der Waals surface area (Å²) >= 11 is 0. The summed E-state index contributed by atoms with van der Waals surface area (Å²) in [7, 11) is 0. The van der Waals surface area contributed by atoms with Gasteiger partial charge in [0.25, 0.3) is 5.91 Å². The van der Waals surface area contributed by atoms with Gasteiger partial charge in [0.2, 0.25) is 5.91 Å². The van der Waals surface area contributed by atoms with Crippen molar-refractivity contribution in [2.45, 2.75) is 58.0 Å². The smallest absolute Gasteiger partial charge is 0.325 e. The number of hydrogen-bond acceptors (Lipinski definition) is 3. The standard InChI is InChI=1S/C24H29N3O3/c1-3-4-8-18-11-13-20(14-12-18)25-22(28)16-15-21-23(29)27(24(30)26-21)17(2)19-9-6-5-7-10-19/h5-7,9-14,17,21H,3-4,8,15-16H2,1-2H3,(H,25,28)(H,26,30). The minimum atomic E-state index is -0.675. The van der Waals surface area contributed by atoms with Crippen LogP contribution in [0.5, 0.6) is 0 Å². The first-order valence-corrected chi connectivity index (χ1v) is 10.6. The molecule has 6 nitrogen and oxygen atoms in total. The van der Waals surface area contributed by atoms with E-state index in [0.717, 1.165) is 30.5 Å². The zero-order valence-corrected chi connectivity index (χ0v) is 17.6. The number of hydrogen-bond donors (Lipinski definition) is 2. The van der Waals surface area contributed by atoms with Gasteiger partial charge in [-0.25, -0.2) is 4.79 Å². The van der Waals surface area contributed by atoms with E-state index in [4.69, 9.17) is 0 Å². The molecule has 30 heavy (non-hydrogen) atoms. The average molecular weight is 408 g/mol. The number of aryl methyl sites for hydroxylation is 1. The molecule has 0 bridgehead atoms. The third-order valence-corrected chi connectivity index (χ3v) is 5.44. The first kappa shape index (κ1) is 21.6. The number of nitrogens with one attached hydrogen (secondary N) is 2. The summed E-state index contributed by atoms with van der Waals surface area (Å²) in [5.74, 6) is -0.461. The lowest BCUT2D eigenvalue weighted by atomic mass is 10.1. The number of rotatable bonds is 9. The van der Waals surface area contributed by atoms with Crippen LogP contribution in [0.1, 0.15) is 56.7 Å². The number of carbonyl (C=O) groups is 3. The van der Waals surface area contributed by atoms with Crippen molar-refractivity contribution < 1.29 is 14.4 Å². The maximum Gasteiger partial charge on any atom is 0.325 e. The van der Waals surface area contributed by atoms with Crippen molar-refractivity contribution in [2.75, 3.05) is 5.32 Å². The molecule has 3 rings (SSSR count). The van der Waals surface area contributed by atoms with Crippen LogP contribution in [0.15, 0.2) is 54.6 Å². The van der Waals surface area contributed by atoms with Gasteiger partial charge in [-0.2, -0.15) is 0 Å². The van der Waals surface area contributed by atoms with E-state index in [1.165, 1.54) is 10.5 Å². The number of benzene rings is 2. The van der Waals surface area contributed by atoms with E-state index in [0.29, 0.717) is 0 Å². The minimum Gasteiger partial charge on any atom is -0.326 e. The normalized spacial score (nSPS) is 17.0. The maximum atomic E-state index is 12.7. The van der Waals surface area contributed by atoms with Crippen LogP contribution >= 0.6 is 0 Å². The van der Waals surface area contributed by atoms with Gasteiger partial charge in [0, 0.05) is 12.1 Å². The van der Waals surface area contributed by atoms with Crippen LogP contribution in [0.4, 0.5) is 10.5 Å². The van der Waals surface area contributed by atoms with E-state index in [2.05, 4.69) is 17.6 Å². The topological polar surface area (TPSA) is 78.5 Å². The molecule has 1 heterocycles. The number of carbonyl (C=O) groups excluding carboxylic acids is 3. The average Bonchev–Trinajstić information content (AvgIpc) is 3.05. The lowest BCUT2D eigenvalue weighted by Crippen LogP contribution is -2.34. The van der Waals surface area contributed by atoms with Crippen LogP contribution < -0.4 is 10.6 Å². The zero-order chi connectivity index (χ0) is 21.5. The first-order valence-electron chi connectivity index (χ1n) is 10.6. The second kappa shape index (κ2) is 10.1. The summed E-state index contributed by atoms with van der Waals surface area (Å²) in [6.45, 7) is 3.99. The Hall–Kier alpha value is -3.15. The Balaban J connectivity index is 1.51. The molecule has 1 fully saturated rings. The largest absolute Gasteiger partial charge is 0.326 e. The molecule has 2 aromatic rings. The van der Waals surface area contributed by atoms with Crippen LogP contribution in [0.3, 0.4) is 0 Å². The first-order chi connectivity index (χ1) is 14.5. The molecular weight excluding hydrogens is 378 g/mol. The Bertz CT molecular complexity index is 880. The number of amides is 4. The van der Waals surface area contributed by atoms with Crippen molar-refractivity contribution in [1.82, 2.24) is 10.2 Å². The highest BCUT2D eigenvalue weighted by atomic mass is 16.2. The summed E-state index contributed by atoms with van der Waals surface area (Å²) < 4.78 is 0. The molecule has 2 unspecified atom stereocenters. The molecule has 2 N–H and O–H groups in total. The molecule has 158 valence electrons. The van der Waals surface area contributed by atoms with E-state index < -0.39 is 12.1 Å². The van der Waals surface area contributed by atoms with Gasteiger partial charge in [0.05, 0.1) is 6.04 Å². The predicted molar refractivity (Wildman–Crippen MR) is 117 cm³/mol. The van der Waals surface area contributed by atoms with Crippen molar-refractivity contribution in [2.24, 2.45) is 0 Å². The van der Waals surface area contributed by atoms with Crippen LogP contribution in [-0.4, -0.2) is 28.8 Å². The molecule has 4 amide bonds. The summed E-state index contributed by atoms with van der Waals surface area (Å²) in [6, 6.07) is 15.8. The fourth-order valence-corrected chi connectivity index (χ4v) is 3.63. The number of unbranched alkanes of at least 4 members (excludes halogenated alkanes) is 1. The Morgan fingerprint density at radius 1 is 1.10 bits per heavy atom. The molecule has 0 radical (unpaired) electrons. The van der Waals surface area contributed by atoms with Gasteiger partial charge in [-0.15, -0.1) is 0 Å². The lowest BCUT2D eigenvalue weighted by Gasteiger charge is -2.21. The van der Waals surface area contributed by atoms with E-state index in [-0.39, 0.29) is 30.7 Å². The maximum absolute atomic E-state index is 12.7. The van der Waals surface area contributed by atoms with Crippen LogP contribution in [-0.2, 0) is 16.0 Å². The van der Waals surface area contributed by atoms with Crippen LogP contribution in [0.2, 0.25) is 0 Å². The van der Waals surface area contributed by atoms with Gasteiger partial charge in [0.1, 0.15) is 6.04 Å². The molecule has 1 saturated heterocycles. The predicted octanol–water partition coefficient (Wildman–Crippen LogP) is 4.43. The molecule has 0 aromatic heterocycles. The Labute approximate surface area is 177 Å². The van der Waals surface area contributed by atoms with Crippen LogP contribution in [0.25, 0.3) is 0 Å². The van der Waals surface area contributed by atoms with E-state index in [9.17, 15) is 14.4 Å². The van der Waals surface area contributed by atoms with E-state index >= 15 is 0 Å². The molecular formula is C24H29N3O3. The van der Waals surface area contributed by atoms with Gasteiger partial charge in [0.15, 0.2) is 0 Å². The van der Waals surface area contributed by atoms with E-state index in [1.54, 1.807) is 0 Å². The fourth-order valence-electron chi connectivity index (χ4n) is 3.63. The Kier molecular flexibility index (Phi) is 7.22. The molecule has 6 heteroatoms. The lowest BCUT2D eigenvalue weighted by molar-refractivity contribution is -0.129. The SMILES string of the molecule is CCCCc1ccc(NC(=O)CCC2NC(=O)N(C(C)c3ccccc3)C2=O)cc1. The summed E-state index contributed by atoms with van der Waals surface area (Å²) in [4.78, 5) is 38.6. The second-order valence-corrected chi connectivity index (χ2v) is 7.68. The molecule has 1 aliphatic rings. The van der Waals surface area contributed by atoms with Crippen molar-refractivity contribution in [3.63, 3.8) is 0 Å². The van der Waals surface area contributed by atoms with Gasteiger partial charge in [-0.05, 0) is 49.4 Å². The quantitative estimate of drug-likeness (QED) is 0.604. The Morgan fingerprint density at radius 2 is 1.80 bits per heavy atom. The van der Waals surface area contributed by atoms with Crippen molar-refractivity contribution in [1.29, 1.82) is 0 Å². The molecule has 0 aliphatic carbocycles. The fraction of sp³-hybridized carbons (Fsp3) is 0.375. The van der Waals surface area contributed by atoms with Crippen LogP contribution in [0, 0.1) is 0 Å². The monoisotopic (exact) mass is 407 g/mol. The van der Waals surface area contributed by atoms with Gasteiger partial charge < -0.3 is 10.6 Å². The van der Waals surface area contributed by atoms with Gasteiger partial charge in [-0.1, -0.05) is 55.8 Å². The van der Waals surface area contributed by atoms with Gasteiger partial charge in [-0.3, -0.25) is 14.5 Å². The van der Waals surface area contributed by atoms with E-state index in [1.807, 2.05) is 61.5 Å². The number of imide groups is 1. The summed E-state index contributed by atoms with van der Waals surface area (Å²) in [5.41, 5.74) is 2.88. The van der Waals surface area contributed by atoms with Crippen molar-refractivity contribution in [3.05, 3.63) is 65.7 Å². The molecule has 1 aliphatic heterocycles. The Morgan fingerprint density at radius 3 is 2.47 bits per heavy atom. The highest BCUT2D eigenvalue weighted by Crippen LogP contribution is 2.25. The minimum absolute atomic E-state index is 0.155. The molecule has 2 aromatic carbocycles. The third kappa shape index (κ3) is 5.26. The summed E-state index contributed by atoms with van der Waals surface area (Å²) in [6.07, 6.45) is 3.75. The number of anilines is 1. The number of urea groups is 1. The molecule has 2 atom stereocenters. The second-order valence-electron chi connectivity index (χ2n) is 7.68. The highest BCUT2D eigenvalue weighted by Gasteiger charge is 2.40. The summed E-state index contributed by atoms with van der Waals surface area (Å²) in [5, 5.41) is 5.57. The van der Waals surface area contributed by atoms with Crippen molar-refractivity contribution in [3.8, 4) is 0 Å². The van der Waals surface area contributed by atoms with Crippen molar-refractivity contribution >= 4 is 23.5 Å². The number of nitrogens with zero attached hydrogens (tertiary/aromatic N) is 1. The molecule has 0 saturated carbocycles. The zero-order valence-electron chi connectivity index (χ0n) is 17.6. The highest BCUT2D eigenvalue weighted by molar-refractivity contribution is 6.05. The molecule has 0 spiro atoms. The third-order valence-electron chi connectivity index (χ3n) is 5.44. The van der Waals surface area contributed by atoms with Gasteiger partial charge >= 0.3 is 6.03 Å².